The van der Waals surface area contributed by atoms with Crippen LogP contribution in [0.4, 0.5) is 0 Å². The van der Waals surface area contributed by atoms with Crippen LogP contribution in [-0.4, -0.2) is 43.6 Å². The molecule has 6 heteroatoms. The lowest BCUT2D eigenvalue weighted by Crippen LogP contribution is -2.37. The fourth-order valence-corrected chi connectivity index (χ4v) is 3.55. The van der Waals surface area contributed by atoms with Gasteiger partial charge in [-0.2, -0.15) is 0 Å². The Morgan fingerprint density at radius 2 is 1.89 bits per heavy atom. The van der Waals surface area contributed by atoms with Gasteiger partial charge >= 0.3 is 0 Å². The van der Waals surface area contributed by atoms with Crippen LogP contribution in [0.2, 0.25) is 0 Å². The standard InChI is InChI=1S/C21H27N3O2.ClH/c1-26-15-17-7-5-6-16(10-17)11-23-21(25)14-24-12-19(20(22)13-24)18-8-3-2-4-9-18;/h2-10,19-20H,11-15,22H2,1H3,(H,23,25);1H/t19-,20+;/m0./s1. The highest BCUT2D eigenvalue weighted by molar-refractivity contribution is 5.85. The molecule has 1 amide bonds. The van der Waals surface area contributed by atoms with E-state index in [1.54, 1.807) is 7.11 Å². The largest absolute Gasteiger partial charge is 0.380 e. The number of benzene rings is 2. The summed E-state index contributed by atoms with van der Waals surface area (Å²) in [4.78, 5) is 14.5. The maximum absolute atomic E-state index is 12.3. The zero-order valence-electron chi connectivity index (χ0n) is 15.6. The third-order valence-electron chi connectivity index (χ3n) is 4.83. The van der Waals surface area contributed by atoms with E-state index in [9.17, 15) is 4.79 Å². The number of carbonyl (C=O) groups is 1. The zero-order valence-corrected chi connectivity index (χ0v) is 16.5. The van der Waals surface area contributed by atoms with Crippen LogP contribution in [0.15, 0.2) is 54.6 Å². The van der Waals surface area contributed by atoms with E-state index in [0.717, 1.165) is 24.2 Å². The highest BCUT2D eigenvalue weighted by Crippen LogP contribution is 2.25. The van der Waals surface area contributed by atoms with Crippen molar-refractivity contribution in [3.8, 4) is 0 Å². The topological polar surface area (TPSA) is 67.6 Å². The monoisotopic (exact) mass is 389 g/mol. The molecule has 0 radical (unpaired) electrons. The predicted octanol–water partition coefficient (Wildman–Crippen LogP) is 2.30. The van der Waals surface area contributed by atoms with Crippen molar-refractivity contribution < 1.29 is 9.53 Å². The molecule has 0 spiro atoms. The Labute approximate surface area is 167 Å². The Kier molecular flexibility index (Phi) is 8.25. The Hall–Kier alpha value is -1.92. The fourth-order valence-electron chi connectivity index (χ4n) is 3.55. The molecular formula is C21H28ClN3O2. The van der Waals surface area contributed by atoms with Crippen LogP contribution in [0.1, 0.15) is 22.6 Å². The lowest BCUT2D eigenvalue weighted by molar-refractivity contribution is -0.122. The number of methoxy groups -OCH3 is 1. The van der Waals surface area contributed by atoms with Crippen molar-refractivity contribution in [2.45, 2.75) is 25.1 Å². The minimum atomic E-state index is 0. The molecule has 2 aromatic carbocycles. The SMILES string of the molecule is COCc1cccc(CNC(=O)CN2C[C@@H](N)[C@H](c3ccccc3)C2)c1.Cl. The number of ether oxygens (including phenoxy) is 1. The lowest BCUT2D eigenvalue weighted by Gasteiger charge is -2.16. The van der Waals surface area contributed by atoms with Gasteiger partial charge in [0.1, 0.15) is 0 Å². The van der Waals surface area contributed by atoms with Gasteiger partial charge in [-0.3, -0.25) is 9.69 Å². The van der Waals surface area contributed by atoms with Crippen molar-refractivity contribution in [1.29, 1.82) is 0 Å². The number of hydrogen-bond acceptors (Lipinski definition) is 4. The van der Waals surface area contributed by atoms with E-state index in [1.165, 1.54) is 5.56 Å². The molecule has 1 saturated heterocycles. The average molecular weight is 390 g/mol. The van der Waals surface area contributed by atoms with Gasteiger partial charge in [0.05, 0.1) is 13.2 Å². The number of nitrogens with two attached hydrogens (primary N) is 1. The summed E-state index contributed by atoms with van der Waals surface area (Å²) in [5.41, 5.74) is 9.73. The first-order valence-corrected chi connectivity index (χ1v) is 9.02. The first kappa shape index (κ1) is 21.4. The summed E-state index contributed by atoms with van der Waals surface area (Å²) in [5, 5.41) is 3.00. The second kappa shape index (κ2) is 10.4. The van der Waals surface area contributed by atoms with E-state index in [4.69, 9.17) is 10.5 Å². The number of amides is 1. The van der Waals surface area contributed by atoms with Crippen LogP contribution in [0.25, 0.3) is 0 Å². The van der Waals surface area contributed by atoms with E-state index in [0.29, 0.717) is 19.7 Å². The molecule has 0 saturated carbocycles. The minimum Gasteiger partial charge on any atom is -0.380 e. The van der Waals surface area contributed by atoms with Gasteiger partial charge < -0.3 is 15.8 Å². The molecular weight excluding hydrogens is 362 g/mol. The Balaban J connectivity index is 0.00000261. The Morgan fingerprint density at radius 3 is 2.63 bits per heavy atom. The van der Waals surface area contributed by atoms with Gasteiger partial charge in [0.2, 0.25) is 5.91 Å². The van der Waals surface area contributed by atoms with Crippen LogP contribution >= 0.6 is 12.4 Å². The first-order valence-electron chi connectivity index (χ1n) is 9.02. The smallest absolute Gasteiger partial charge is 0.234 e. The summed E-state index contributed by atoms with van der Waals surface area (Å²) in [6.45, 7) is 3.06. The lowest BCUT2D eigenvalue weighted by atomic mass is 9.95. The zero-order chi connectivity index (χ0) is 18.4. The first-order chi connectivity index (χ1) is 12.7. The number of likely N-dealkylation sites (tertiary alicyclic amines) is 1. The van der Waals surface area contributed by atoms with Crippen molar-refractivity contribution in [2.75, 3.05) is 26.7 Å². The second-order valence-corrected chi connectivity index (χ2v) is 6.90. The predicted molar refractivity (Wildman–Crippen MR) is 110 cm³/mol. The van der Waals surface area contributed by atoms with Crippen molar-refractivity contribution >= 4 is 18.3 Å². The number of nitrogens with zero attached hydrogens (tertiary/aromatic N) is 1. The number of nitrogens with one attached hydrogen (secondary N) is 1. The van der Waals surface area contributed by atoms with Gasteiger partial charge in [0.15, 0.2) is 0 Å². The molecule has 2 aromatic rings. The normalized spacial score (nSPS) is 19.5. The number of rotatable bonds is 7. The second-order valence-electron chi connectivity index (χ2n) is 6.90. The van der Waals surface area contributed by atoms with E-state index in [1.807, 2.05) is 36.4 Å². The Bertz CT molecular complexity index is 726. The van der Waals surface area contributed by atoms with E-state index >= 15 is 0 Å². The summed E-state index contributed by atoms with van der Waals surface area (Å²) in [6, 6.07) is 18.4. The number of hydrogen-bond donors (Lipinski definition) is 2. The molecule has 0 aromatic heterocycles. The van der Waals surface area contributed by atoms with Gasteiger partial charge in [-0.05, 0) is 16.7 Å². The molecule has 146 valence electrons. The molecule has 1 fully saturated rings. The molecule has 0 unspecified atom stereocenters. The summed E-state index contributed by atoms with van der Waals surface area (Å²) < 4.78 is 5.15. The van der Waals surface area contributed by atoms with Gasteiger partial charge in [0.25, 0.3) is 0 Å². The van der Waals surface area contributed by atoms with Crippen LogP contribution in [-0.2, 0) is 22.7 Å². The van der Waals surface area contributed by atoms with Crippen molar-refractivity contribution in [3.05, 3.63) is 71.3 Å². The van der Waals surface area contributed by atoms with Gasteiger partial charge in [-0.1, -0.05) is 54.6 Å². The van der Waals surface area contributed by atoms with Crippen molar-refractivity contribution in [1.82, 2.24) is 10.2 Å². The molecule has 2 atom stereocenters. The van der Waals surface area contributed by atoms with Gasteiger partial charge in [-0.25, -0.2) is 0 Å². The Morgan fingerprint density at radius 1 is 1.15 bits per heavy atom. The molecule has 0 bridgehead atoms. The minimum absolute atomic E-state index is 0. The molecule has 1 aliphatic heterocycles. The van der Waals surface area contributed by atoms with Crippen LogP contribution in [0.5, 0.6) is 0 Å². The molecule has 1 aliphatic rings. The third-order valence-corrected chi connectivity index (χ3v) is 4.83. The van der Waals surface area contributed by atoms with Crippen molar-refractivity contribution in [2.24, 2.45) is 5.73 Å². The van der Waals surface area contributed by atoms with Crippen LogP contribution < -0.4 is 11.1 Å². The molecule has 3 N–H and O–H groups in total. The maximum atomic E-state index is 12.3. The molecule has 3 rings (SSSR count). The molecule has 1 heterocycles. The number of halogens is 1. The van der Waals surface area contributed by atoms with Crippen molar-refractivity contribution in [3.63, 3.8) is 0 Å². The fraction of sp³-hybridized carbons (Fsp3) is 0.381. The molecule has 27 heavy (non-hydrogen) atoms. The van der Waals surface area contributed by atoms with Crippen LogP contribution in [0.3, 0.4) is 0 Å². The quantitative estimate of drug-likeness (QED) is 0.762. The summed E-state index contributed by atoms with van der Waals surface area (Å²) in [6.07, 6.45) is 0. The maximum Gasteiger partial charge on any atom is 0.234 e. The highest BCUT2D eigenvalue weighted by atomic mass is 35.5. The summed E-state index contributed by atoms with van der Waals surface area (Å²) in [5.74, 6) is 0.317. The van der Waals surface area contributed by atoms with Gasteiger partial charge in [-0.15, -0.1) is 12.4 Å². The molecule has 0 aliphatic carbocycles. The van der Waals surface area contributed by atoms with E-state index < -0.39 is 0 Å². The average Bonchev–Trinajstić information content (AvgIpc) is 3.01. The van der Waals surface area contributed by atoms with Gasteiger partial charge in [0, 0.05) is 38.7 Å². The van der Waals surface area contributed by atoms with E-state index in [-0.39, 0.29) is 30.3 Å². The highest BCUT2D eigenvalue weighted by Gasteiger charge is 2.31. The van der Waals surface area contributed by atoms with Crippen LogP contribution in [0, 0.1) is 0 Å². The summed E-state index contributed by atoms with van der Waals surface area (Å²) in [7, 11) is 1.68. The number of carbonyl (C=O) groups excluding carboxylic acids is 1. The third kappa shape index (κ3) is 6.04. The van der Waals surface area contributed by atoms with E-state index in [2.05, 4.69) is 28.4 Å². The summed E-state index contributed by atoms with van der Waals surface area (Å²) >= 11 is 0. The molecule has 5 nitrogen and oxygen atoms in total.